The monoisotopic (exact) mass is 342 g/mol. The van der Waals surface area contributed by atoms with Gasteiger partial charge in [-0.25, -0.2) is 14.2 Å². The maximum Gasteiger partial charge on any atom is 0.410 e. The molecule has 6 heteroatoms. The zero-order valence-corrected chi connectivity index (χ0v) is 14.9. The molecule has 0 unspecified atom stereocenters. The van der Waals surface area contributed by atoms with E-state index in [1.54, 1.807) is 11.8 Å². The zero-order valence-electron chi connectivity index (χ0n) is 14.2. The van der Waals surface area contributed by atoms with E-state index < -0.39 is 5.60 Å². The minimum Gasteiger partial charge on any atom is -0.444 e. The van der Waals surface area contributed by atoms with Crippen molar-refractivity contribution in [1.82, 2.24) is 9.88 Å². The summed E-state index contributed by atoms with van der Waals surface area (Å²) in [6.45, 7) is 8.51. The number of hydrogen-bond acceptors (Lipinski definition) is 3. The lowest BCUT2D eigenvalue weighted by Gasteiger charge is -2.33. The summed E-state index contributed by atoms with van der Waals surface area (Å²) in [6, 6.07) is 1.53. The molecule has 0 spiro atoms. The van der Waals surface area contributed by atoms with Crippen LogP contribution < -0.4 is 0 Å². The van der Waals surface area contributed by atoms with Crippen molar-refractivity contribution in [2.24, 2.45) is 5.92 Å². The first-order valence-corrected chi connectivity index (χ1v) is 8.33. The number of ether oxygens (including phenoxy) is 1. The van der Waals surface area contributed by atoms with Gasteiger partial charge in [0.05, 0.1) is 5.69 Å². The van der Waals surface area contributed by atoms with Crippen molar-refractivity contribution in [2.75, 3.05) is 13.1 Å². The molecule has 1 amide bonds. The number of halogens is 2. The van der Waals surface area contributed by atoms with Crippen molar-refractivity contribution in [3.05, 3.63) is 28.3 Å². The van der Waals surface area contributed by atoms with Crippen LogP contribution in [0.4, 0.5) is 9.18 Å². The highest BCUT2D eigenvalue weighted by Gasteiger charge is 2.27. The molecular formula is C17H24ClFN2O2. The smallest absolute Gasteiger partial charge is 0.410 e. The number of aryl methyl sites for hydroxylation is 1. The molecule has 1 aromatic rings. The van der Waals surface area contributed by atoms with E-state index in [2.05, 4.69) is 4.98 Å². The molecular weight excluding hydrogens is 319 g/mol. The van der Waals surface area contributed by atoms with Crippen molar-refractivity contribution in [1.29, 1.82) is 0 Å². The molecule has 2 rings (SSSR count). The summed E-state index contributed by atoms with van der Waals surface area (Å²) >= 11 is 5.92. The Morgan fingerprint density at radius 2 is 2.04 bits per heavy atom. The van der Waals surface area contributed by atoms with Crippen molar-refractivity contribution in [2.45, 2.75) is 52.6 Å². The zero-order chi connectivity index (χ0) is 17.2. The maximum atomic E-state index is 14.1. The van der Waals surface area contributed by atoms with Gasteiger partial charge in [0, 0.05) is 13.1 Å². The Bertz CT molecular complexity index is 579. The van der Waals surface area contributed by atoms with Gasteiger partial charge in [0.2, 0.25) is 0 Å². The van der Waals surface area contributed by atoms with Crippen LogP contribution in [0.2, 0.25) is 5.15 Å². The Balaban J connectivity index is 1.92. The first-order chi connectivity index (χ1) is 10.7. The summed E-state index contributed by atoms with van der Waals surface area (Å²) in [4.78, 5) is 17.9. The SMILES string of the molecule is Cc1cc(Cl)nc(CC2CCN(C(=O)OC(C)(C)C)CC2)c1F. The van der Waals surface area contributed by atoms with Crippen LogP contribution in [-0.2, 0) is 11.2 Å². The number of hydrogen-bond donors (Lipinski definition) is 0. The number of likely N-dealkylation sites (tertiary alicyclic amines) is 1. The van der Waals surface area contributed by atoms with Gasteiger partial charge in [-0.1, -0.05) is 11.6 Å². The molecule has 0 aliphatic carbocycles. The van der Waals surface area contributed by atoms with E-state index in [1.807, 2.05) is 20.8 Å². The molecule has 1 fully saturated rings. The summed E-state index contributed by atoms with van der Waals surface area (Å²) in [6.07, 6.45) is 1.90. The summed E-state index contributed by atoms with van der Waals surface area (Å²) < 4.78 is 19.5. The van der Waals surface area contributed by atoms with E-state index >= 15 is 0 Å². The minimum atomic E-state index is -0.487. The molecule has 1 aliphatic heterocycles. The van der Waals surface area contributed by atoms with Crippen LogP contribution in [0.25, 0.3) is 0 Å². The fourth-order valence-corrected chi connectivity index (χ4v) is 3.00. The van der Waals surface area contributed by atoms with Gasteiger partial charge in [-0.3, -0.25) is 0 Å². The van der Waals surface area contributed by atoms with E-state index in [9.17, 15) is 9.18 Å². The van der Waals surface area contributed by atoms with Gasteiger partial charge in [0.1, 0.15) is 16.6 Å². The highest BCUT2D eigenvalue weighted by molar-refractivity contribution is 6.29. The molecule has 128 valence electrons. The average molecular weight is 343 g/mol. The van der Waals surface area contributed by atoms with E-state index in [-0.39, 0.29) is 11.9 Å². The summed E-state index contributed by atoms with van der Waals surface area (Å²) in [5.41, 5.74) is 0.455. The quantitative estimate of drug-likeness (QED) is 0.749. The Morgan fingerprint density at radius 1 is 1.43 bits per heavy atom. The van der Waals surface area contributed by atoms with E-state index in [4.69, 9.17) is 16.3 Å². The number of nitrogens with zero attached hydrogens (tertiary/aromatic N) is 2. The van der Waals surface area contributed by atoms with Crippen LogP contribution in [0.1, 0.15) is 44.9 Å². The topological polar surface area (TPSA) is 42.4 Å². The van der Waals surface area contributed by atoms with Gasteiger partial charge in [-0.15, -0.1) is 0 Å². The third kappa shape index (κ3) is 5.06. The number of carbonyl (C=O) groups is 1. The number of carbonyl (C=O) groups excluding carboxylic acids is 1. The van der Waals surface area contributed by atoms with Crippen molar-refractivity contribution in [3.8, 4) is 0 Å². The lowest BCUT2D eigenvalue weighted by Crippen LogP contribution is -2.42. The van der Waals surface area contributed by atoms with E-state index in [0.717, 1.165) is 12.8 Å². The number of rotatable bonds is 2. The molecule has 0 N–H and O–H groups in total. The van der Waals surface area contributed by atoms with Gasteiger partial charge in [0.15, 0.2) is 0 Å². The lowest BCUT2D eigenvalue weighted by molar-refractivity contribution is 0.0183. The average Bonchev–Trinajstić information content (AvgIpc) is 2.43. The number of piperidine rings is 1. The van der Waals surface area contributed by atoms with Gasteiger partial charge < -0.3 is 9.64 Å². The standard InChI is InChI=1S/C17H24ClFN2O2/c1-11-9-14(18)20-13(15(11)19)10-12-5-7-21(8-6-12)16(22)23-17(2,3)4/h9,12H,5-8,10H2,1-4H3. The second kappa shape index (κ2) is 7.04. The van der Waals surface area contributed by atoms with Crippen LogP contribution in [0.15, 0.2) is 6.07 Å². The first kappa shape index (κ1) is 18.0. The van der Waals surface area contributed by atoms with Gasteiger partial charge in [0.25, 0.3) is 0 Å². The van der Waals surface area contributed by atoms with Crippen molar-refractivity contribution < 1.29 is 13.9 Å². The van der Waals surface area contributed by atoms with Crippen LogP contribution in [0.3, 0.4) is 0 Å². The number of pyridine rings is 1. The first-order valence-electron chi connectivity index (χ1n) is 7.95. The van der Waals surface area contributed by atoms with Crippen LogP contribution in [0.5, 0.6) is 0 Å². The maximum absolute atomic E-state index is 14.1. The predicted octanol–water partition coefficient (Wildman–Crippen LogP) is 4.37. The van der Waals surface area contributed by atoms with E-state index in [0.29, 0.717) is 41.8 Å². The number of amides is 1. The molecule has 0 aromatic carbocycles. The molecule has 23 heavy (non-hydrogen) atoms. The predicted molar refractivity (Wildman–Crippen MR) is 88.2 cm³/mol. The van der Waals surface area contributed by atoms with E-state index in [1.165, 1.54) is 6.07 Å². The summed E-state index contributed by atoms with van der Waals surface area (Å²) in [7, 11) is 0. The van der Waals surface area contributed by atoms with Crippen molar-refractivity contribution in [3.63, 3.8) is 0 Å². The highest BCUT2D eigenvalue weighted by atomic mass is 35.5. The molecule has 1 aliphatic rings. The van der Waals surface area contributed by atoms with Gasteiger partial charge in [-0.2, -0.15) is 0 Å². The molecule has 1 saturated heterocycles. The third-order valence-electron chi connectivity index (χ3n) is 3.93. The molecule has 2 heterocycles. The Kier molecular flexibility index (Phi) is 5.50. The second-order valence-corrected chi connectivity index (χ2v) is 7.52. The van der Waals surface area contributed by atoms with Gasteiger partial charge in [-0.05, 0) is 64.5 Å². The Labute approximate surface area is 142 Å². The number of aromatic nitrogens is 1. The summed E-state index contributed by atoms with van der Waals surface area (Å²) in [5.74, 6) is 0.0255. The molecule has 1 aromatic heterocycles. The van der Waals surface area contributed by atoms with Gasteiger partial charge >= 0.3 is 6.09 Å². The van der Waals surface area contributed by atoms with Crippen LogP contribution in [0, 0.1) is 18.7 Å². The second-order valence-electron chi connectivity index (χ2n) is 7.14. The van der Waals surface area contributed by atoms with Crippen molar-refractivity contribution >= 4 is 17.7 Å². The molecule has 0 radical (unpaired) electrons. The minimum absolute atomic E-state index is 0.274. The molecule has 4 nitrogen and oxygen atoms in total. The highest BCUT2D eigenvalue weighted by Crippen LogP contribution is 2.25. The van der Waals surface area contributed by atoms with Crippen LogP contribution >= 0.6 is 11.6 Å². The third-order valence-corrected chi connectivity index (χ3v) is 4.12. The lowest BCUT2D eigenvalue weighted by atomic mass is 9.91. The normalized spacial score (nSPS) is 16.5. The Hall–Kier alpha value is -1.36. The largest absolute Gasteiger partial charge is 0.444 e. The molecule has 0 atom stereocenters. The van der Waals surface area contributed by atoms with Crippen LogP contribution in [-0.4, -0.2) is 34.7 Å². The molecule has 0 saturated carbocycles. The summed E-state index contributed by atoms with van der Waals surface area (Å²) in [5, 5.41) is 0.324. The fraction of sp³-hybridized carbons (Fsp3) is 0.647. The Morgan fingerprint density at radius 3 is 2.61 bits per heavy atom. The fourth-order valence-electron chi connectivity index (χ4n) is 2.73. The molecule has 0 bridgehead atoms.